The lowest BCUT2D eigenvalue weighted by Crippen LogP contribution is -2.44. The van der Waals surface area contributed by atoms with E-state index in [0.29, 0.717) is 30.0 Å². The Kier molecular flexibility index (Phi) is 8.51. The molecule has 1 N–H and O–H groups in total. The van der Waals surface area contributed by atoms with Gasteiger partial charge in [-0.3, -0.25) is 9.59 Å². The van der Waals surface area contributed by atoms with Crippen LogP contribution in [0.5, 0.6) is 11.5 Å². The van der Waals surface area contributed by atoms with Crippen molar-refractivity contribution in [3.05, 3.63) is 102 Å². The Morgan fingerprint density at radius 2 is 1.67 bits per heavy atom. The molecular formula is C30H27F4N5O3. The van der Waals surface area contributed by atoms with Gasteiger partial charge in [0.25, 0.3) is 0 Å². The summed E-state index contributed by atoms with van der Waals surface area (Å²) in [6, 6.07) is 16.7. The van der Waals surface area contributed by atoms with Gasteiger partial charge in [0.2, 0.25) is 11.8 Å². The molecule has 1 saturated heterocycles. The number of nitrogens with zero attached hydrogens (tertiary/aromatic N) is 4. The van der Waals surface area contributed by atoms with Crippen molar-refractivity contribution in [3.8, 4) is 11.5 Å². The summed E-state index contributed by atoms with van der Waals surface area (Å²) < 4.78 is 60.6. The summed E-state index contributed by atoms with van der Waals surface area (Å²) in [5, 5.41) is 6.78. The van der Waals surface area contributed by atoms with Crippen LogP contribution in [0.2, 0.25) is 0 Å². The summed E-state index contributed by atoms with van der Waals surface area (Å²) in [5.41, 5.74) is -0.0257. The van der Waals surface area contributed by atoms with Crippen molar-refractivity contribution in [2.24, 2.45) is 5.92 Å². The van der Waals surface area contributed by atoms with Crippen LogP contribution in [-0.2, 0) is 28.7 Å². The predicted octanol–water partition coefficient (Wildman–Crippen LogP) is 5.72. The van der Waals surface area contributed by atoms with Gasteiger partial charge in [0.15, 0.2) is 0 Å². The maximum absolute atomic E-state index is 13.5. The third-order valence-corrected chi connectivity index (χ3v) is 7.09. The molecule has 1 fully saturated rings. The van der Waals surface area contributed by atoms with Gasteiger partial charge in [0.1, 0.15) is 42.6 Å². The number of ether oxygens (including phenoxy) is 1. The van der Waals surface area contributed by atoms with E-state index in [1.165, 1.54) is 58.6 Å². The quantitative estimate of drug-likeness (QED) is 0.256. The Morgan fingerprint density at radius 3 is 2.33 bits per heavy atom. The topological polar surface area (TPSA) is 89.4 Å². The fraction of sp³-hybridized carbons (Fsp3) is 0.267. The summed E-state index contributed by atoms with van der Waals surface area (Å²) >= 11 is 0. The molecule has 2 heterocycles. The first-order valence-corrected chi connectivity index (χ1v) is 13.3. The zero-order chi connectivity index (χ0) is 29.7. The second kappa shape index (κ2) is 12.4. The normalized spacial score (nSPS) is 16.8. The predicted molar refractivity (Wildman–Crippen MR) is 145 cm³/mol. The third kappa shape index (κ3) is 7.12. The van der Waals surface area contributed by atoms with E-state index >= 15 is 0 Å². The number of nitrogens with one attached hydrogen (secondary N) is 1. The van der Waals surface area contributed by atoms with Gasteiger partial charge >= 0.3 is 6.18 Å². The summed E-state index contributed by atoms with van der Waals surface area (Å²) in [4.78, 5) is 31.9. The molecule has 0 saturated carbocycles. The van der Waals surface area contributed by atoms with E-state index in [2.05, 4.69) is 15.4 Å². The van der Waals surface area contributed by atoms with Gasteiger partial charge in [0.05, 0.1) is 5.56 Å². The van der Waals surface area contributed by atoms with E-state index in [-0.39, 0.29) is 42.7 Å². The molecule has 1 aliphatic heterocycles. The number of alkyl halides is 3. The van der Waals surface area contributed by atoms with Gasteiger partial charge in [-0.05, 0) is 85.3 Å². The monoisotopic (exact) mass is 581 g/mol. The Morgan fingerprint density at radius 1 is 0.976 bits per heavy atom. The summed E-state index contributed by atoms with van der Waals surface area (Å²) in [7, 11) is 0. The van der Waals surface area contributed by atoms with Crippen LogP contribution in [-0.4, -0.2) is 44.1 Å². The molecule has 42 heavy (non-hydrogen) atoms. The number of hydrogen-bond acceptors (Lipinski definition) is 5. The molecule has 2 amide bonds. The van der Waals surface area contributed by atoms with Crippen molar-refractivity contribution >= 4 is 17.5 Å². The molecule has 218 valence electrons. The Hall–Kier alpha value is -4.74. The minimum atomic E-state index is -4.46. The van der Waals surface area contributed by atoms with E-state index in [1.54, 1.807) is 30.3 Å². The zero-order valence-electron chi connectivity index (χ0n) is 22.3. The molecule has 5 rings (SSSR count). The van der Waals surface area contributed by atoms with Crippen LogP contribution in [0.1, 0.15) is 24.0 Å². The molecule has 4 aromatic rings. The standard InChI is InChI=1S/C30H27F4N5O3/c31-22-7-11-24(12-8-22)42-25-13-9-23(10-14-25)37-29(41)27-15-20(16-39(27)28(40)17-38-19-35-18-36-38)5-6-21-3-1-2-4-26(21)30(32,33)34/h1-4,7-14,18-20,27H,5-6,15-17H2,(H,37,41). The van der Waals surface area contributed by atoms with Crippen LogP contribution in [0.4, 0.5) is 23.2 Å². The molecule has 0 aliphatic carbocycles. The molecule has 2 unspecified atom stereocenters. The number of aromatic nitrogens is 3. The molecule has 1 aliphatic rings. The molecule has 0 bridgehead atoms. The van der Waals surface area contributed by atoms with E-state index < -0.39 is 23.7 Å². The molecule has 3 aromatic carbocycles. The average Bonchev–Trinajstić information content (AvgIpc) is 3.64. The molecule has 8 nitrogen and oxygen atoms in total. The molecule has 0 radical (unpaired) electrons. The number of likely N-dealkylation sites (tertiary alicyclic amines) is 1. The second-order valence-corrected chi connectivity index (χ2v) is 10.0. The number of anilines is 1. The van der Waals surface area contributed by atoms with Crippen LogP contribution < -0.4 is 10.1 Å². The van der Waals surface area contributed by atoms with Gasteiger partial charge in [-0.25, -0.2) is 14.1 Å². The van der Waals surface area contributed by atoms with Gasteiger partial charge in [-0.1, -0.05) is 18.2 Å². The van der Waals surface area contributed by atoms with Crippen molar-refractivity contribution < 1.29 is 31.9 Å². The van der Waals surface area contributed by atoms with Crippen LogP contribution in [0.15, 0.2) is 85.5 Å². The molecule has 1 aromatic heterocycles. The van der Waals surface area contributed by atoms with Crippen LogP contribution in [0, 0.1) is 11.7 Å². The van der Waals surface area contributed by atoms with Crippen LogP contribution in [0.25, 0.3) is 0 Å². The molecule has 0 spiro atoms. The van der Waals surface area contributed by atoms with Gasteiger partial charge in [-0.2, -0.15) is 18.3 Å². The SMILES string of the molecule is O=C(Nc1ccc(Oc2ccc(F)cc2)cc1)C1CC(CCc2ccccc2C(F)(F)F)CN1C(=O)Cn1cncn1. The van der Waals surface area contributed by atoms with Gasteiger partial charge in [0, 0.05) is 12.2 Å². The highest BCUT2D eigenvalue weighted by atomic mass is 19.4. The number of carbonyl (C=O) groups excluding carboxylic acids is 2. The minimum Gasteiger partial charge on any atom is -0.457 e. The van der Waals surface area contributed by atoms with Crippen LogP contribution >= 0.6 is 0 Å². The number of aryl methyl sites for hydroxylation is 1. The largest absolute Gasteiger partial charge is 0.457 e. The number of amides is 2. The zero-order valence-corrected chi connectivity index (χ0v) is 22.3. The maximum Gasteiger partial charge on any atom is 0.416 e. The highest BCUT2D eigenvalue weighted by Gasteiger charge is 2.40. The van der Waals surface area contributed by atoms with Crippen molar-refractivity contribution in [1.82, 2.24) is 19.7 Å². The fourth-order valence-corrected chi connectivity index (χ4v) is 5.05. The lowest BCUT2D eigenvalue weighted by atomic mass is 9.94. The number of rotatable bonds is 9. The van der Waals surface area contributed by atoms with Crippen molar-refractivity contribution in [1.29, 1.82) is 0 Å². The van der Waals surface area contributed by atoms with Crippen molar-refractivity contribution in [2.45, 2.75) is 38.0 Å². The molecule has 12 heteroatoms. The Bertz CT molecular complexity index is 1510. The third-order valence-electron chi connectivity index (χ3n) is 7.09. The first-order chi connectivity index (χ1) is 20.2. The van der Waals surface area contributed by atoms with E-state index in [4.69, 9.17) is 4.74 Å². The van der Waals surface area contributed by atoms with Crippen molar-refractivity contribution in [2.75, 3.05) is 11.9 Å². The van der Waals surface area contributed by atoms with Crippen molar-refractivity contribution in [3.63, 3.8) is 0 Å². The summed E-state index contributed by atoms with van der Waals surface area (Å²) in [6.45, 7) is 0.104. The lowest BCUT2D eigenvalue weighted by Gasteiger charge is -2.24. The summed E-state index contributed by atoms with van der Waals surface area (Å²) in [5.74, 6) is -0.397. The Balaban J connectivity index is 1.26. The van der Waals surface area contributed by atoms with Gasteiger partial charge < -0.3 is 15.0 Å². The van der Waals surface area contributed by atoms with Gasteiger partial charge in [-0.15, -0.1) is 0 Å². The number of carbonyl (C=O) groups is 2. The lowest BCUT2D eigenvalue weighted by molar-refractivity contribution is -0.138. The minimum absolute atomic E-state index is 0.122. The number of hydrogen-bond donors (Lipinski definition) is 1. The highest BCUT2D eigenvalue weighted by molar-refractivity contribution is 5.97. The fourth-order valence-electron chi connectivity index (χ4n) is 5.05. The first-order valence-electron chi connectivity index (χ1n) is 13.3. The Labute approximate surface area is 238 Å². The number of benzene rings is 3. The van der Waals surface area contributed by atoms with E-state index in [9.17, 15) is 27.2 Å². The average molecular weight is 582 g/mol. The second-order valence-electron chi connectivity index (χ2n) is 10.0. The smallest absolute Gasteiger partial charge is 0.416 e. The number of halogens is 4. The van der Waals surface area contributed by atoms with Crippen LogP contribution in [0.3, 0.4) is 0 Å². The maximum atomic E-state index is 13.5. The summed E-state index contributed by atoms with van der Waals surface area (Å²) in [6.07, 6.45) is -0.937. The highest BCUT2D eigenvalue weighted by Crippen LogP contribution is 2.34. The molecule has 2 atom stereocenters. The first kappa shape index (κ1) is 28.8. The van der Waals surface area contributed by atoms with E-state index in [0.717, 1.165) is 6.07 Å². The van der Waals surface area contributed by atoms with E-state index in [1.807, 2.05) is 0 Å². The molecular weight excluding hydrogens is 554 g/mol.